The van der Waals surface area contributed by atoms with Crippen molar-refractivity contribution in [3.63, 3.8) is 0 Å². The van der Waals surface area contributed by atoms with Crippen LogP contribution in [-0.4, -0.2) is 64.5 Å². The van der Waals surface area contributed by atoms with Gasteiger partial charge in [0.15, 0.2) is 0 Å². The highest BCUT2D eigenvalue weighted by Crippen LogP contribution is 2.28. The number of methoxy groups -OCH3 is 1. The third-order valence-electron chi connectivity index (χ3n) is 3.64. The Morgan fingerprint density at radius 2 is 2.04 bits per heavy atom. The molecule has 1 aliphatic heterocycles. The van der Waals surface area contributed by atoms with Gasteiger partial charge in [-0.3, -0.25) is 9.59 Å². The molecule has 1 aromatic carbocycles. The molecule has 0 aromatic heterocycles. The van der Waals surface area contributed by atoms with Crippen molar-refractivity contribution in [3.8, 4) is 5.75 Å². The molecule has 0 unspecified atom stereocenters. The van der Waals surface area contributed by atoms with Crippen LogP contribution in [0.1, 0.15) is 5.56 Å². The van der Waals surface area contributed by atoms with Gasteiger partial charge in [0.05, 0.1) is 26.9 Å². The first kappa shape index (κ1) is 19.9. The zero-order valence-electron chi connectivity index (χ0n) is 14.3. The summed E-state index contributed by atoms with van der Waals surface area (Å²) in [5.74, 6) is -0.959. The van der Waals surface area contributed by atoms with Gasteiger partial charge in [0.1, 0.15) is 10.6 Å². The van der Waals surface area contributed by atoms with Gasteiger partial charge in [0.25, 0.3) is 0 Å². The molecule has 0 saturated carbocycles. The maximum absolute atomic E-state index is 12.9. The van der Waals surface area contributed by atoms with Crippen LogP contribution in [0.25, 0.3) is 6.08 Å². The zero-order valence-corrected chi connectivity index (χ0v) is 15.1. The molecule has 0 aliphatic carbocycles. The van der Waals surface area contributed by atoms with E-state index in [1.165, 1.54) is 35.7 Å². The summed E-state index contributed by atoms with van der Waals surface area (Å²) in [6.07, 6.45) is 2.63. The van der Waals surface area contributed by atoms with Crippen LogP contribution < -0.4 is 15.8 Å². The van der Waals surface area contributed by atoms with Crippen molar-refractivity contribution >= 4 is 27.9 Å². The summed E-state index contributed by atoms with van der Waals surface area (Å²) in [5.41, 5.74) is 5.44. The van der Waals surface area contributed by atoms with Crippen LogP contribution >= 0.6 is 0 Å². The average Bonchev–Trinajstić information content (AvgIpc) is 2.65. The van der Waals surface area contributed by atoms with Crippen LogP contribution in [0.15, 0.2) is 29.2 Å². The molecule has 3 N–H and O–H groups in total. The normalized spacial score (nSPS) is 15.7. The van der Waals surface area contributed by atoms with Gasteiger partial charge >= 0.3 is 0 Å². The molecule has 1 saturated heterocycles. The second-order valence-electron chi connectivity index (χ2n) is 5.44. The number of amides is 2. The number of primary amides is 1. The fraction of sp³-hybridized carbons (Fsp3) is 0.375. The average molecular weight is 383 g/mol. The highest BCUT2D eigenvalue weighted by Gasteiger charge is 2.29. The lowest BCUT2D eigenvalue weighted by Crippen LogP contribution is -2.40. The molecule has 9 nitrogen and oxygen atoms in total. The molecule has 2 rings (SSSR count). The van der Waals surface area contributed by atoms with Crippen molar-refractivity contribution in [2.45, 2.75) is 4.90 Å². The third kappa shape index (κ3) is 5.04. The van der Waals surface area contributed by atoms with E-state index < -0.39 is 21.8 Å². The molecule has 0 spiro atoms. The molecule has 2 amide bonds. The van der Waals surface area contributed by atoms with Gasteiger partial charge in [-0.1, -0.05) is 6.07 Å². The van der Waals surface area contributed by atoms with Crippen molar-refractivity contribution in [1.82, 2.24) is 9.62 Å². The predicted octanol–water partition coefficient (Wildman–Crippen LogP) is -0.669. The third-order valence-corrected chi connectivity index (χ3v) is 5.56. The smallest absolute Gasteiger partial charge is 0.246 e. The number of morpholine rings is 1. The van der Waals surface area contributed by atoms with Crippen LogP contribution in [0, 0.1) is 0 Å². The number of benzene rings is 1. The van der Waals surface area contributed by atoms with Crippen molar-refractivity contribution in [2.75, 3.05) is 40.0 Å². The quantitative estimate of drug-likeness (QED) is 0.601. The molecule has 142 valence electrons. The van der Waals surface area contributed by atoms with Crippen molar-refractivity contribution in [1.29, 1.82) is 0 Å². The number of ether oxygens (including phenoxy) is 2. The topological polar surface area (TPSA) is 128 Å². The number of rotatable bonds is 7. The summed E-state index contributed by atoms with van der Waals surface area (Å²) < 4.78 is 37.4. The van der Waals surface area contributed by atoms with E-state index in [0.29, 0.717) is 18.8 Å². The molecule has 0 atom stereocenters. The predicted molar refractivity (Wildman–Crippen MR) is 93.8 cm³/mol. The Hall–Kier alpha value is -2.43. The van der Waals surface area contributed by atoms with Gasteiger partial charge in [-0.25, -0.2) is 8.42 Å². The molecule has 1 aliphatic rings. The number of sulfonamides is 1. The summed E-state index contributed by atoms with van der Waals surface area (Å²) >= 11 is 0. The van der Waals surface area contributed by atoms with E-state index in [-0.39, 0.29) is 30.3 Å². The Labute approximate surface area is 151 Å². The van der Waals surface area contributed by atoms with Crippen LogP contribution in [-0.2, 0) is 24.3 Å². The largest absolute Gasteiger partial charge is 0.495 e. The molecule has 10 heteroatoms. The minimum Gasteiger partial charge on any atom is -0.495 e. The van der Waals surface area contributed by atoms with E-state index in [4.69, 9.17) is 15.2 Å². The monoisotopic (exact) mass is 383 g/mol. The van der Waals surface area contributed by atoms with Crippen LogP contribution in [0.5, 0.6) is 5.75 Å². The SMILES string of the molecule is COc1ccc(/C=C/C(=O)NCC(N)=O)cc1S(=O)(=O)N1CCOCC1. The Balaban J connectivity index is 2.25. The number of nitrogens with two attached hydrogens (primary N) is 1. The van der Waals surface area contributed by atoms with Crippen LogP contribution in [0.4, 0.5) is 0 Å². The van der Waals surface area contributed by atoms with Crippen molar-refractivity contribution < 1.29 is 27.5 Å². The zero-order chi connectivity index (χ0) is 19.2. The molecule has 0 bridgehead atoms. The Bertz CT molecular complexity index is 800. The summed E-state index contributed by atoms with van der Waals surface area (Å²) in [5, 5.41) is 2.31. The molecular formula is C16H21N3O6S. The number of nitrogens with one attached hydrogen (secondary N) is 1. The Morgan fingerprint density at radius 3 is 2.65 bits per heavy atom. The molecule has 1 heterocycles. The van der Waals surface area contributed by atoms with E-state index in [2.05, 4.69) is 5.32 Å². The maximum Gasteiger partial charge on any atom is 0.246 e. The van der Waals surface area contributed by atoms with Gasteiger partial charge in [-0.2, -0.15) is 4.31 Å². The van der Waals surface area contributed by atoms with Crippen LogP contribution in [0.3, 0.4) is 0 Å². The maximum atomic E-state index is 12.9. The standard InChI is InChI=1S/C16H21N3O6S/c1-24-13-4-2-12(3-5-16(21)18-11-15(17)20)10-14(13)26(22,23)19-6-8-25-9-7-19/h2-5,10H,6-9,11H2,1H3,(H2,17,20)(H,18,21)/b5-3+. The number of carbonyl (C=O) groups excluding carboxylic acids is 2. The van der Waals surface area contributed by atoms with Crippen molar-refractivity contribution in [3.05, 3.63) is 29.8 Å². The number of carbonyl (C=O) groups is 2. The minimum atomic E-state index is -3.75. The fourth-order valence-electron chi connectivity index (χ4n) is 2.33. The van der Waals surface area contributed by atoms with E-state index in [1.54, 1.807) is 6.07 Å². The van der Waals surface area contributed by atoms with E-state index >= 15 is 0 Å². The van der Waals surface area contributed by atoms with E-state index in [0.717, 1.165) is 0 Å². The molecule has 1 fully saturated rings. The summed E-state index contributed by atoms with van der Waals surface area (Å²) in [6.45, 7) is 0.924. The van der Waals surface area contributed by atoms with E-state index in [9.17, 15) is 18.0 Å². The lowest BCUT2D eigenvalue weighted by molar-refractivity contribution is -0.122. The van der Waals surface area contributed by atoms with Gasteiger partial charge in [-0.15, -0.1) is 0 Å². The van der Waals surface area contributed by atoms with Gasteiger partial charge in [-0.05, 0) is 23.8 Å². The highest BCUT2D eigenvalue weighted by molar-refractivity contribution is 7.89. The minimum absolute atomic E-state index is 0.0154. The number of nitrogens with zero attached hydrogens (tertiary/aromatic N) is 1. The summed E-state index contributed by atoms with van der Waals surface area (Å²) in [4.78, 5) is 22.3. The first-order valence-electron chi connectivity index (χ1n) is 7.84. The van der Waals surface area contributed by atoms with Gasteiger partial charge in [0.2, 0.25) is 21.8 Å². The Kier molecular flexibility index (Phi) is 6.72. The second-order valence-corrected chi connectivity index (χ2v) is 7.35. The lowest BCUT2D eigenvalue weighted by Gasteiger charge is -2.26. The number of hydrogen-bond donors (Lipinski definition) is 2. The van der Waals surface area contributed by atoms with Gasteiger partial charge in [0, 0.05) is 19.2 Å². The molecule has 1 aromatic rings. The van der Waals surface area contributed by atoms with Gasteiger partial charge < -0.3 is 20.5 Å². The molecular weight excluding hydrogens is 362 g/mol. The lowest BCUT2D eigenvalue weighted by atomic mass is 10.2. The summed E-state index contributed by atoms with van der Waals surface area (Å²) in [7, 11) is -2.37. The number of hydrogen-bond acceptors (Lipinski definition) is 6. The van der Waals surface area contributed by atoms with Crippen LogP contribution in [0.2, 0.25) is 0 Å². The molecule has 0 radical (unpaired) electrons. The van der Waals surface area contributed by atoms with Crippen molar-refractivity contribution in [2.24, 2.45) is 5.73 Å². The summed E-state index contributed by atoms with van der Waals surface area (Å²) in [6, 6.07) is 4.57. The highest BCUT2D eigenvalue weighted by atomic mass is 32.2. The Morgan fingerprint density at radius 1 is 1.35 bits per heavy atom. The van der Waals surface area contributed by atoms with E-state index in [1.807, 2.05) is 0 Å². The first-order valence-corrected chi connectivity index (χ1v) is 9.29. The first-order chi connectivity index (χ1) is 12.3. The second kappa shape index (κ2) is 8.79. The molecule has 26 heavy (non-hydrogen) atoms. The fourth-order valence-corrected chi connectivity index (χ4v) is 3.93.